The Morgan fingerprint density at radius 1 is 1.04 bits per heavy atom. The van der Waals surface area contributed by atoms with Gasteiger partial charge in [0.1, 0.15) is 5.92 Å². The largest absolute Gasteiger partial charge is 0.401 e. The van der Waals surface area contributed by atoms with Crippen LogP contribution >= 0.6 is 34.8 Å². The van der Waals surface area contributed by atoms with Gasteiger partial charge >= 0.3 is 6.18 Å². The van der Waals surface area contributed by atoms with Crippen molar-refractivity contribution in [2.24, 2.45) is 5.92 Å². The van der Waals surface area contributed by atoms with Gasteiger partial charge in [0.05, 0.1) is 15.7 Å². The molecular weight excluding hydrogens is 424 g/mol. The number of hydrogen-bond acceptors (Lipinski definition) is 2. The Balaban J connectivity index is 1.95. The molecule has 27 heavy (non-hydrogen) atoms. The summed E-state index contributed by atoms with van der Waals surface area (Å²) in [7, 11) is 0. The number of alkyl halides is 3. The molecule has 1 saturated heterocycles. The van der Waals surface area contributed by atoms with E-state index in [0.29, 0.717) is 6.42 Å². The van der Waals surface area contributed by atoms with E-state index >= 15 is 0 Å². The van der Waals surface area contributed by atoms with E-state index in [-0.39, 0.29) is 27.3 Å². The first-order valence-corrected chi connectivity index (χ1v) is 9.16. The summed E-state index contributed by atoms with van der Waals surface area (Å²) in [6, 6.07) is 11.9. The fourth-order valence-electron chi connectivity index (χ4n) is 2.98. The lowest BCUT2D eigenvalue weighted by Gasteiger charge is -2.29. The zero-order valence-corrected chi connectivity index (χ0v) is 16.1. The number of hydrogen-bond donors (Lipinski definition) is 0. The van der Waals surface area contributed by atoms with Crippen LogP contribution < -0.4 is 5.01 Å². The van der Waals surface area contributed by atoms with Gasteiger partial charge in [-0.25, -0.2) is 10.0 Å². The second-order valence-electron chi connectivity index (χ2n) is 6.11. The summed E-state index contributed by atoms with van der Waals surface area (Å²) in [4.78, 5) is 12.6. The number of rotatable bonds is 4. The second-order valence-corrected chi connectivity index (χ2v) is 7.36. The number of hydrazine groups is 1. The monoisotopic (exact) mass is 436 g/mol. The van der Waals surface area contributed by atoms with Gasteiger partial charge in [-0.15, -0.1) is 0 Å². The van der Waals surface area contributed by atoms with E-state index in [1.807, 2.05) is 30.3 Å². The molecule has 0 N–H and O–H groups in total. The Kier molecular flexibility index (Phi) is 5.91. The minimum Gasteiger partial charge on any atom is -0.272 e. The summed E-state index contributed by atoms with van der Waals surface area (Å²) < 4.78 is 40.0. The number of carbonyl (C=O) groups excluding carboxylic acids is 1. The third kappa shape index (κ3) is 4.35. The van der Waals surface area contributed by atoms with Gasteiger partial charge in [-0.3, -0.25) is 4.79 Å². The lowest BCUT2D eigenvalue weighted by atomic mass is 10.1. The highest BCUT2D eigenvalue weighted by Crippen LogP contribution is 2.42. The summed E-state index contributed by atoms with van der Waals surface area (Å²) in [5, 5.41) is 2.50. The predicted octanol–water partition coefficient (Wildman–Crippen LogP) is 5.63. The molecule has 144 valence electrons. The molecule has 1 atom stereocenters. The van der Waals surface area contributed by atoms with E-state index in [2.05, 4.69) is 0 Å². The van der Waals surface area contributed by atoms with Gasteiger partial charge in [0, 0.05) is 18.1 Å². The maximum absolute atomic E-state index is 13.3. The topological polar surface area (TPSA) is 23.6 Å². The Labute approximate surface area is 169 Å². The van der Waals surface area contributed by atoms with E-state index in [1.165, 1.54) is 17.1 Å². The molecule has 9 heteroatoms. The van der Waals surface area contributed by atoms with Crippen molar-refractivity contribution < 1.29 is 18.0 Å². The van der Waals surface area contributed by atoms with Crippen molar-refractivity contribution in [3.8, 4) is 0 Å². The lowest BCUT2D eigenvalue weighted by molar-refractivity contribution is -0.175. The number of amides is 1. The average Bonchev–Trinajstić information content (AvgIpc) is 2.90. The molecule has 1 fully saturated rings. The van der Waals surface area contributed by atoms with Crippen molar-refractivity contribution in [2.45, 2.75) is 12.6 Å². The first-order valence-electron chi connectivity index (χ1n) is 8.02. The molecule has 0 aliphatic carbocycles. The van der Waals surface area contributed by atoms with Crippen molar-refractivity contribution in [3.05, 3.63) is 63.1 Å². The summed E-state index contributed by atoms with van der Waals surface area (Å²) in [5.74, 6) is -3.25. The van der Waals surface area contributed by atoms with Gasteiger partial charge in [-0.1, -0.05) is 65.1 Å². The fraction of sp³-hybridized carbons (Fsp3) is 0.278. The molecule has 0 spiro atoms. The van der Waals surface area contributed by atoms with Crippen LogP contribution in [-0.4, -0.2) is 30.2 Å². The number of carbonyl (C=O) groups is 1. The van der Waals surface area contributed by atoms with Crippen molar-refractivity contribution in [3.63, 3.8) is 0 Å². The van der Waals surface area contributed by atoms with Crippen molar-refractivity contribution in [2.75, 3.05) is 18.1 Å². The van der Waals surface area contributed by atoms with E-state index in [1.54, 1.807) is 0 Å². The Bertz CT molecular complexity index is 822. The molecule has 2 aromatic rings. The van der Waals surface area contributed by atoms with E-state index in [9.17, 15) is 18.0 Å². The molecule has 3 nitrogen and oxygen atoms in total. The van der Waals surface area contributed by atoms with Crippen LogP contribution in [0.1, 0.15) is 5.56 Å². The summed E-state index contributed by atoms with van der Waals surface area (Å²) in [6.07, 6.45) is -4.21. The maximum Gasteiger partial charge on any atom is 0.401 e. The number of halogens is 6. The van der Waals surface area contributed by atoms with Crippen LogP contribution in [0, 0.1) is 5.92 Å². The standard InChI is InChI=1S/C18H14Cl3F3N2O/c19-12-8-14(20)16(15(21)9-12)26-17(27)13(18(22,23)24)10-25(26)7-6-11-4-2-1-3-5-11/h1-5,8-9,13H,6-7,10H2. The van der Waals surface area contributed by atoms with Crippen LogP contribution in [0.3, 0.4) is 0 Å². The Morgan fingerprint density at radius 2 is 1.63 bits per heavy atom. The first kappa shape index (κ1) is 20.3. The highest BCUT2D eigenvalue weighted by Gasteiger charge is 2.54. The third-order valence-electron chi connectivity index (χ3n) is 4.27. The van der Waals surface area contributed by atoms with Gasteiger partial charge in [-0.05, 0) is 24.1 Å². The minimum absolute atomic E-state index is 0.00699. The molecule has 1 aliphatic heterocycles. The quantitative estimate of drug-likeness (QED) is 0.619. The minimum atomic E-state index is -4.66. The Hall–Kier alpha value is -1.47. The highest BCUT2D eigenvalue weighted by molar-refractivity contribution is 6.42. The summed E-state index contributed by atoms with van der Waals surface area (Å²) >= 11 is 18.2. The molecule has 1 amide bonds. The van der Waals surface area contributed by atoms with Crippen LogP contribution in [-0.2, 0) is 11.2 Å². The van der Waals surface area contributed by atoms with Gasteiger partial charge in [-0.2, -0.15) is 13.2 Å². The molecule has 0 saturated carbocycles. The fourth-order valence-corrected chi connectivity index (χ4v) is 3.96. The zero-order valence-electron chi connectivity index (χ0n) is 13.8. The predicted molar refractivity (Wildman–Crippen MR) is 100 cm³/mol. The highest BCUT2D eigenvalue weighted by atomic mass is 35.5. The number of nitrogens with zero attached hydrogens (tertiary/aromatic N) is 2. The number of benzene rings is 2. The molecule has 3 rings (SSSR count). The van der Waals surface area contributed by atoms with Gasteiger partial charge < -0.3 is 0 Å². The Morgan fingerprint density at radius 3 is 2.19 bits per heavy atom. The first-order chi connectivity index (χ1) is 12.7. The summed E-state index contributed by atoms with van der Waals surface area (Å²) in [5.41, 5.74) is 0.946. The van der Waals surface area contributed by atoms with Crippen LogP contribution in [0.15, 0.2) is 42.5 Å². The molecular formula is C18H14Cl3F3N2O. The number of anilines is 1. The SMILES string of the molecule is O=C1C(C(F)(F)F)CN(CCc2ccccc2)N1c1c(Cl)cc(Cl)cc1Cl. The van der Waals surface area contributed by atoms with Crippen molar-refractivity contribution in [1.29, 1.82) is 0 Å². The van der Waals surface area contributed by atoms with Crippen LogP contribution in [0.25, 0.3) is 0 Å². The molecule has 2 aromatic carbocycles. The smallest absolute Gasteiger partial charge is 0.272 e. The summed E-state index contributed by atoms with van der Waals surface area (Å²) in [6.45, 7) is -0.304. The van der Waals surface area contributed by atoms with E-state index < -0.39 is 24.5 Å². The van der Waals surface area contributed by atoms with E-state index in [0.717, 1.165) is 10.6 Å². The maximum atomic E-state index is 13.3. The third-order valence-corrected chi connectivity index (χ3v) is 5.07. The normalized spacial score (nSPS) is 18.4. The van der Waals surface area contributed by atoms with Gasteiger partial charge in [0.2, 0.25) is 0 Å². The van der Waals surface area contributed by atoms with Crippen molar-refractivity contribution >= 4 is 46.4 Å². The average molecular weight is 438 g/mol. The molecule has 0 bridgehead atoms. The van der Waals surface area contributed by atoms with Crippen LogP contribution in [0.2, 0.25) is 15.1 Å². The lowest BCUT2D eigenvalue weighted by Crippen LogP contribution is -2.41. The molecule has 0 radical (unpaired) electrons. The zero-order chi connectivity index (χ0) is 19.8. The van der Waals surface area contributed by atoms with E-state index in [4.69, 9.17) is 34.8 Å². The second kappa shape index (κ2) is 7.87. The van der Waals surface area contributed by atoms with Crippen molar-refractivity contribution in [1.82, 2.24) is 5.01 Å². The van der Waals surface area contributed by atoms with Crippen LogP contribution in [0.5, 0.6) is 0 Å². The molecule has 1 aliphatic rings. The van der Waals surface area contributed by atoms with Gasteiger partial charge in [0.15, 0.2) is 0 Å². The molecule has 1 heterocycles. The van der Waals surface area contributed by atoms with Crippen LogP contribution in [0.4, 0.5) is 18.9 Å². The molecule has 0 aromatic heterocycles. The molecule has 1 unspecified atom stereocenters. The van der Waals surface area contributed by atoms with Gasteiger partial charge in [0.25, 0.3) is 5.91 Å².